The summed E-state index contributed by atoms with van der Waals surface area (Å²) >= 11 is 6.06. The SMILES string of the molecule is Clc1cccc(CN(CC2CCCN2)C2CC2)c1. The number of benzene rings is 1. The van der Waals surface area contributed by atoms with E-state index >= 15 is 0 Å². The Hall–Kier alpha value is -0.570. The van der Waals surface area contributed by atoms with Gasteiger partial charge >= 0.3 is 0 Å². The quantitative estimate of drug-likeness (QED) is 0.879. The molecule has 0 spiro atoms. The third-order valence-corrected chi connectivity index (χ3v) is 4.19. The lowest BCUT2D eigenvalue weighted by atomic mass is 10.1. The number of halogens is 1. The highest BCUT2D eigenvalue weighted by Gasteiger charge is 2.31. The summed E-state index contributed by atoms with van der Waals surface area (Å²) in [6, 6.07) is 9.79. The van der Waals surface area contributed by atoms with Gasteiger partial charge in [-0.1, -0.05) is 23.7 Å². The van der Waals surface area contributed by atoms with Crippen LogP contribution in [0.4, 0.5) is 0 Å². The normalized spacial score (nSPS) is 23.8. The highest BCUT2D eigenvalue weighted by Crippen LogP contribution is 2.29. The smallest absolute Gasteiger partial charge is 0.0409 e. The van der Waals surface area contributed by atoms with Crippen LogP contribution in [0, 0.1) is 0 Å². The molecule has 1 saturated heterocycles. The summed E-state index contributed by atoms with van der Waals surface area (Å²) < 4.78 is 0. The van der Waals surface area contributed by atoms with Gasteiger partial charge in [0.2, 0.25) is 0 Å². The third-order valence-electron chi connectivity index (χ3n) is 3.96. The van der Waals surface area contributed by atoms with Gasteiger partial charge in [0.1, 0.15) is 0 Å². The first-order chi connectivity index (χ1) is 8.81. The summed E-state index contributed by atoms with van der Waals surface area (Å²) in [4.78, 5) is 2.63. The molecule has 0 aromatic heterocycles. The first-order valence-electron chi connectivity index (χ1n) is 7.03. The molecule has 0 radical (unpaired) electrons. The molecule has 1 atom stereocenters. The third kappa shape index (κ3) is 3.25. The second-order valence-electron chi connectivity index (χ2n) is 5.58. The molecule has 1 unspecified atom stereocenters. The fraction of sp³-hybridized carbons (Fsp3) is 0.600. The zero-order valence-corrected chi connectivity index (χ0v) is 11.5. The van der Waals surface area contributed by atoms with Gasteiger partial charge in [-0.25, -0.2) is 0 Å². The van der Waals surface area contributed by atoms with Gasteiger partial charge in [-0.05, 0) is 49.9 Å². The lowest BCUT2D eigenvalue weighted by molar-refractivity contribution is 0.231. The molecule has 1 heterocycles. The topological polar surface area (TPSA) is 15.3 Å². The maximum Gasteiger partial charge on any atom is 0.0409 e. The van der Waals surface area contributed by atoms with Crippen LogP contribution in [0.5, 0.6) is 0 Å². The first-order valence-corrected chi connectivity index (χ1v) is 7.41. The molecule has 1 aromatic carbocycles. The van der Waals surface area contributed by atoms with Crippen molar-refractivity contribution in [3.8, 4) is 0 Å². The molecule has 1 aromatic rings. The molecule has 1 saturated carbocycles. The van der Waals surface area contributed by atoms with E-state index in [1.54, 1.807) is 0 Å². The minimum absolute atomic E-state index is 0.699. The summed E-state index contributed by atoms with van der Waals surface area (Å²) in [6.07, 6.45) is 5.40. The molecule has 1 aliphatic heterocycles. The van der Waals surface area contributed by atoms with E-state index in [4.69, 9.17) is 11.6 Å². The van der Waals surface area contributed by atoms with E-state index in [1.165, 1.54) is 44.3 Å². The largest absolute Gasteiger partial charge is 0.313 e. The number of nitrogens with one attached hydrogen (secondary N) is 1. The molecule has 2 aliphatic rings. The predicted molar refractivity (Wildman–Crippen MR) is 75.9 cm³/mol. The summed E-state index contributed by atoms with van der Waals surface area (Å²) in [5, 5.41) is 4.45. The van der Waals surface area contributed by atoms with Crippen LogP contribution in [0.25, 0.3) is 0 Å². The standard InChI is InChI=1S/C15H21ClN2/c16-13-4-1-3-12(9-13)10-18(15-6-7-15)11-14-5-2-8-17-14/h1,3-4,9,14-15,17H,2,5-8,10-11H2. The van der Waals surface area contributed by atoms with Crippen LogP contribution in [0.3, 0.4) is 0 Å². The highest BCUT2D eigenvalue weighted by molar-refractivity contribution is 6.30. The molecular formula is C15H21ClN2. The Morgan fingerprint density at radius 2 is 2.17 bits per heavy atom. The molecule has 98 valence electrons. The van der Waals surface area contributed by atoms with E-state index in [-0.39, 0.29) is 0 Å². The second kappa shape index (κ2) is 5.60. The number of hydrogen-bond acceptors (Lipinski definition) is 2. The Morgan fingerprint density at radius 3 is 2.83 bits per heavy atom. The number of hydrogen-bond donors (Lipinski definition) is 1. The van der Waals surface area contributed by atoms with Crippen molar-refractivity contribution in [2.45, 2.75) is 44.3 Å². The molecule has 0 bridgehead atoms. The Labute approximate surface area is 114 Å². The van der Waals surface area contributed by atoms with Crippen molar-refractivity contribution in [3.05, 3.63) is 34.9 Å². The van der Waals surface area contributed by atoms with E-state index in [2.05, 4.69) is 28.4 Å². The van der Waals surface area contributed by atoms with Gasteiger partial charge in [0.15, 0.2) is 0 Å². The molecule has 18 heavy (non-hydrogen) atoms. The van der Waals surface area contributed by atoms with Gasteiger partial charge in [-0.3, -0.25) is 4.90 Å². The lowest BCUT2D eigenvalue weighted by Crippen LogP contribution is -2.38. The Bertz CT molecular complexity index is 397. The van der Waals surface area contributed by atoms with Gasteiger partial charge < -0.3 is 5.32 Å². The van der Waals surface area contributed by atoms with E-state index in [9.17, 15) is 0 Å². The van der Waals surface area contributed by atoms with Crippen LogP contribution < -0.4 is 5.32 Å². The van der Waals surface area contributed by atoms with Gasteiger partial charge in [0, 0.05) is 30.2 Å². The zero-order valence-electron chi connectivity index (χ0n) is 10.7. The average Bonchev–Trinajstić information content (AvgIpc) is 3.08. The minimum atomic E-state index is 0.699. The Morgan fingerprint density at radius 1 is 1.28 bits per heavy atom. The molecule has 1 N–H and O–H groups in total. The fourth-order valence-electron chi connectivity index (χ4n) is 2.85. The molecule has 2 nitrogen and oxygen atoms in total. The van der Waals surface area contributed by atoms with E-state index in [0.29, 0.717) is 6.04 Å². The summed E-state index contributed by atoms with van der Waals surface area (Å²) in [5.74, 6) is 0. The summed E-state index contributed by atoms with van der Waals surface area (Å²) in [7, 11) is 0. The van der Waals surface area contributed by atoms with E-state index in [1.807, 2.05) is 6.07 Å². The van der Waals surface area contributed by atoms with Gasteiger partial charge in [-0.15, -0.1) is 0 Å². The van der Waals surface area contributed by atoms with Crippen LogP contribution in [-0.4, -0.2) is 30.1 Å². The number of nitrogens with zero attached hydrogens (tertiary/aromatic N) is 1. The van der Waals surface area contributed by atoms with E-state index in [0.717, 1.165) is 17.6 Å². The second-order valence-corrected chi connectivity index (χ2v) is 6.02. The highest BCUT2D eigenvalue weighted by atomic mass is 35.5. The molecular weight excluding hydrogens is 244 g/mol. The van der Waals surface area contributed by atoms with Crippen LogP contribution in [-0.2, 0) is 6.54 Å². The molecule has 3 rings (SSSR count). The van der Waals surface area contributed by atoms with E-state index < -0.39 is 0 Å². The predicted octanol–water partition coefficient (Wildman–Crippen LogP) is 3.06. The van der Waals surface area contributed by atoms with Crippen LogP contribution in [0.15, 0.2) is 24.3 Å². The molecule has 1 aliphatic carbocycles. The van der Waals surface area contributed by atoms with Crippen molar-refractivity contribution in [1.29, 1.82) is 0 Å². The van der Waals surface area contributed by atoms with Gasteiger partial charge in [0.25, 0.3) is 0 Å². The molecule has 0 amide bonds. The van der Waals surface area contributed by atoms with Crippen molar-refractivity contribution in [1.82, 2.24) is 10.2 Å². The molecule has 2 fully saturated rings. The first kappa shape index (κ1) is 12.5. The fourth-order valence-corrected chi connectivity index (χ4v) is 3.06. The maximum atomic E-state index is 6.06. The zero-order chi connectivity index (χ0) is 12.4. The number of rotatable bonds is 5. The average molecular weight is 265 g/mol. The maximum absolute atomic E-state index is 6.06. The van der Waals surface area contributed by atoms with Gasteiger partial charge in [0.05, 0.1) is 0 Å². The van der Waals surface area contributed by atoms with Crippen molar-refractivity contribution in [3.63, 3.8) is 0 Å². The summed E-state index contributed by atoms with van der Waals surface area (Å²) in [5.41, 5.74) is 1.34. The van der Waals surface area contributed by atoms with Crippen molar-refractivity contribution >= 4 is 11.6 Å². The van der Waals surface area contributed by atoms with Crippen molar-refractivity contribution in [2.75, 3.05) is 13.1 Å². The van der Waals surface area contributed by atoms with Crippen molar-refractivity contribution < 1.29 is 0 Å². The minimum Gasteiger partial charge on any atom is -0.313 e. The Balaban J connectivity index is 1.62. The van der Waals surface area contributed by atoms with Gasteiger partial charge in [-0.2, -0.15) is 0 Å². The summed E-state index contributed by atoms with van der Waals surface area (Å²) in [6.45, 7) is 3.43. The monoisotopic (exact) mass is 264 g/mol. The lowest BCUT2D eigenvalue weighted by Gasteiger charge is -2.25. The Kier molecular flexibility index (Phi) is 3.88. The molecule has 3 heteroatoms. The van der Waals surface area contributed by atoms with Crippen LogP contribution in [0.2, 0.25) is 5.02 Å². The van der Waals surface area contributed by atoms with Crippen LogP contribution >= 0.6 is 11.6 Å². The van der Waals surface area contributed by atoms with Crippen molar-refractivity contribution in [2.24, 2.45) is 0 Å². The van der Waals surface area contributed by atoms with Crippen LogP contribution in [0.1, 0.15) is 31.2 Å².